The van der Waals surface area contributed by atoms with E-state index >= 15 is 0 Å². The normalized spacial score (nSPS) is 11.2. The number of aromatic nitrogens is 2. The van der Waals surface area contributed by atoms with E-state index in [0.29, 0.717) is 5.69 Å². The monoisotopic (exact) mass is 436 g/mol. The van der Waals surface area contributed by atoms with Crippen molar-refractivity contribution in [3.8, 4) is 5.69 Å². The van der Waals surface area contributed by atoms with Gasteiger partial charge in [0.15, 0.2) is 5.69 Å². The van der Waals surface area contributed by atoms with Crippen molar-refractivity contribution in [3.05, 3.63) is 102 Å². The van der Waals surface area contributed by atoms with Crippen LogP contribution in [-0.4, -0.2) is 15.7 Å². The van der Waals surface area contributed by atoms with Gasteiger partial charge in [-0.05, 0) is 55.5 Å². The van der Waals surface area contributed by atoms with Crippen LogP contribution in [0.1, 0.15) is 21.6 Å². The summed E-state index contributed by atoms with van der Waals surface area (Å²) in [4.78, 5) is 12.7. The predicted octanol–water partition coefficient (Wildman–Crippen LogP) is 6.20. The lowest BCUT2D eigenvalue weighted by atomic mass is 10.2. The summed E-state index contributed by atoms with van der Waals surface area (Å²) < 4.78 is 42.2. The molecule has 0 radical (unpaired) electrons. The van der Waals surface area contributed by atoms with Crippen molar-refractivity contribution in [2.24, 2.45) is 0 Å². The van der Waals surface area contributed by atoms with E-state index in [1.807, 2.05) is 37.3 Å². The molecule has 5 nitrogen and oxygen atoms in total. The molecular weight excluding hydrogens is 417 g/mol. The van der Waals surface area contributed by atoms with Gasteiger partial charge in [-0.25, -0.2) is 4.68 Å². The molecule has 0 aliphatic rings. The lowest BCUT2D eigenvalue weighted by molar-refractivity contribution is -0.143. The van der Waals surface area contributed by atoms with E-state index in [9.17, 15) is 18.0 Å². The standard InChI is InChI=1S/C24H19F3N4O/c1-16-7-13-20(14-8-16)31-22(24(25,26)27)21(15-28-31)23(32)30-19-11-9-18(10-12-19)29-17-5-3-2-4-6-17/h2-15,29H,1H3,(H,30,32). The highest BCUT2D eigenvalue weighted by molar-refractivity contribution is 6.05. The van der Waals surface area contributed by atoms with Gasteiger partial charge >= 0.3 is 6.18 Å². The third-order valence-corrected chi connectivity index (χ3v) is 4.77. The molecule has 1 heterocycles. The molecule has 4 rings (SSSR count). The summed E-state index contributed by atoms with van der Waals surface area (Å²) in [5, 5.41) is 9.54. The number of benzene rings is 3. The number of nitrogens with one attached hydrogen (secondary N) is 2. The van der Waals surface area contributed by atoms with Gasteiger partial charge in [0.25, 0.3) is 5.91 Å². The molecule has 0 atom stereocenters. The fraction of sp³-hybridized carbons (Fsp3) is 0.0833. The first-order chi connectivity index (χ1) is 15.3. The molecule has 0 spiro atoms. The topological polar surface area (TPSA) is 59.0 Å². The van der Waals surface area contributed by atoms with Gasteiger partial charge in [-0.1, -0.05) is 35.9 Å². The van der Waals surface area contributed by atoms with Gasteiger partial charge in [0, 0.05) is 17.1 Å². The number of nitrogens with zero attached hydrogens (tertiary/aromatic N) is 2. The summed E-state index contributed by atoms with van der Waals surface area (Å²) >= 11 is 0. The summed E-state index contributed by atoms with van der Waals surface area (Å²) in [6.45, 7) is 1.83. The van der Waals surface area contributed by atoms with Crippen LogP contribution < -0.4 is 10.6 Å². The second kappa shape index (κ2) is 8.58. The minimum atomic E-state index is -4.77. The zero-order valence-corrected chi connectivity index (χ0v) is 17.0. The first-order valence-corrected chi connectivity index (χ1v) is 9.77. The largest absolute Gasteiger partial charge is 0.434 e. The smallest absolute Gasteiger partial charge is 0.356 e. The Labute approximate surface area is 182 Å². The van der Waals surface area contributed by atoms with Crippen molar-refractivity contribution >= 4 is 23.0 Å². The Kier molecular flexibility index (Phi) is 5.68. The SMILES string of the molecule is Cc1ccc(-n2ncc(C(=O)Nc3ccc(Nc4ccccc4)cc3)c2C(F)(F)F)cc1. The summed E-state index contributed by atoms with van der Waals surface area (Å²) in [6, 6.07) is 22.6. The van der Waals surface area contributed by atoms with E-state index in [2.05, 4.69) is 15.7 Å². The number of halogens is 3. The minimum absolute atomic E-state index is 0.221. The Hall–Kier alpha value is -4.07. The van der Waals surface area contributed by atoms with Crippen LogP contribution in [0, 0.1) is 6.92 Å². The summed E-state index contributed by atoms with van der Waals surface area (Å²) in [5.74, 6) is -0.889. The fourth-order valence-corrected chi connectivity index (χ4v) is 3.19. The van der Waals surface area contributed by atoms with Gasteiger partial charge in [-0.3, -0.25) is 4.79 Å². The van der Waals surface area contributed by atoms with E-state index in [0.717, 1.165) is 27.8 Å². The number of alkyl halides is 3. The number of para-hydroxylation sites is 1. The second-order valence-electron chi connectivity index (χ2n) is 7.17. The number of carbonyl (C=O) groups is 1. The van der Waals surface area contributed by atoms with Crippen LogP contribution in [0.25, 0.3) is 5.69 Å². The molecule has 3 aromatic carbocycles. The zero-order chi connectivity index (χ0) is 22.7. The molecule has 32 heavy (non-hydrogen) atoms. The van der Waals surface area contributed by atoms with Crippen molar-refractivity contribution in [1.82, 2.24) is 9.78 Å². The molecule has 0 aliphatic heterocycles. The maximum Gasteiger partial charge on any atom is 0.434 e. The van der Waals surface area contributed by atoms with Gasteiger partial charge in [-0.15, -0.1) is 0 Å². The molecular formula is C24H19F3N4O. The molecule has 8 heteroatoms. The van der Waals surface area contributed by atoms with E-state index in [1.54, 1.807) is 36.4 Å². The van der Waals surface area contributed by atoms with Gasteiger partial charge in [0.05, 0.1) is 17.4 Å². The van der Waals surface area contributed by atoms with Gasteiger partial charge in [-0.2, -0.15) is 18.3 Å². The zero-order valence-electron chi connectivity index (χ0n) is 17.0. The van der Waals surface area contributed by atoms with Crippen molar-refractivity contribution in [3.63, 3.8) is 0 Å². The van der Waals surface area contributed by atoms with Crippen LogP contribution in [-0.2, 0) is 6.18 Å². The van der Waals surface area contributed by atoms with Crippen LogP contribution in [0.2, 0.25) is 0 Å². The first-order valence-electron chi connectivity index (χ1n) is 9.77. The van der Waals surface area contributed by atoms with Crippen LogP contribution >= 0.6 is 0 Å². The third kappa shape index (κ3) is 4.64. The van der Waals surface area contributed by atoms with Crippen LogP contribution in [0.4, 0.5) is 30.2 Å². The molecule has 162 valence electrons. The highest BCUT2D eigenvalue weighted by atomic mass is 19.4. The molecule has 1 aromatic heterocycles. The number of carbonyl (C=O) groups excluding carboxylic acids is 1. The Morgan fingerprint density at radius 1 is 0.844 bits per heavy atom. The van der Waals surface area contributed by atoms with Crippen LogP contribution in [0.5, 0.6) is 0 Å². The molecule has 1 amide bonds. The van der Waals surface area contributed by atoms with Gasteiger partial charge < -0.3 is 10.6 Å². The predicted molar refractivity (Wildman–Crippen MR) is 117 cm³/mol. The Balaban J connectivity index is 1.56. The molecule has 2 N–H and O–H groups in total. The molecule has 4 aromatic rings. The molecule has 0 unspecified atom stereocenters. The van der Waals surface area contributed by atoms with E-state index < -0.39 is 23.3 Å². The number of anilines is 3. The van der Waals surface area contributed by atoms with E-state index in [-0.39, 0.29) is 5.69 Å². The van der Waals surface area contributed by atoms with E-state index in [1.165, 1.54) is 12.1 Å². The number of hydrogen-bond donors (Lipinski definition) is 2. The highest BCUT2D eigenvalue weighted by Gasteiger charge is 2.40. The quantitative estimate of drug-likeness (QED) is 0.392. The molecule has 0 fully saturated rings. The maximum absolute atomic E-state index is 13.8. The summed E-state index contributed by atoms with van der Waals surface area (Å²) in [5.41, 5.74) is 1.48. The van der Waals surface area contributed by atoms with Crippen molar-refractivity contribution in [2.45, 2.75) is 13.1 Å². The number of rotatable bonds is 5. The van der Waals surface area contributed by atoms with Gasteiger partial charge in [0.1, 0.15) is 0 Å². The fourth-order valence-electron chi connectivity index (χ4n) is 3.19. The molecule has 0 bridgehead atoms. The average Bonchev–Trinajstić information content (AvgIpc) is 3.22. The van der Waals surface area contributed by atoms with Crippen LogP contribution in [0.3, 0.4) is 0 Å². The number of amides is 1. The molecule has 0 aliphatic carbocycles. The van der Waals surface area contributed by atoms with E-state index in [4.69, 9.17) is 0 Å². The minimum Gasteiger partial charge on any atom is -0.356 e. The average molecular weight is 436 g/mol. The van der Waals surface area contributed by atoms with Gasteiger partial charge in [0.2, 0.25) is 0 Å². The summed E-state index contributed by atoms with van der Waals surface area (Å²) in [6.07, 6.45) is -3.83. The molecule has 0 saturated carbocycles. The second-order valence-corrected chi connectivity index (χ2v) is 7.17. The lowest BCUT2D eigenvalue weighted by Crippen LogP contribution is -2.20. The Morgan fingerprint density at radius 2 is 1.44 bits per heavy atom. The van der Waals surface area contributed by atoms with Crippen molar-refractivity contribution < 1.29 is 18.0 Å². The lowest BCUT2D eigenvalue weighted by Gasteiger charge is -2.13. The Bertz CT molecular complexity index is 1220. The van der Waals surface area contributed by atoms with Crippen molar-refractivity contribution in [1.29, 1.82) is 0 Å². The van der Waals surface area contributed by atoms with Crippen LogP contribution in [0.15, 0.2) is 85.1 Å². The summed E-state index contributed by atoms with van der Waals surface area (Å²) in [7, 11) is 0. The molecule has 0 saturated heterocycles. The third-order valence-electron chi connectivity index (χ3n) is 4.77. The number of hydrogen-bond acceptors (Lipinski definition) is 3. The highest BCUT2D eigenvalue weighted by Crippen LogP contribution is 2.34. The van der Waals surface area contributed by atoms with Crippen molar-refractivity contribution in [2.75, 3.05) is 10.6 Å². The first kappa shape index (κ1) is 21.2. The maximum atomic E-state index is 13.8. The Morgan fingerprint density at radius 3 is 2.06 bits per heavy atom. The number of aryl methyl sites for hydroxylation is 1.